The van der Waals surface area contributed by atoms with Gasteiger partial charge >= 0.3 is 0 Å². The van der Waals surface area contributed by atoms with Crippen LogP contribution in [0.3, 0.4) is 0 Å². The zero-order valence-electron chi connectivity index (χ0n) is 9.81. The molecule has 88 valence electrons. The minimum atomic E-state index is 0.810. The SMILES string of the molecule is CN1CC=C(c2nc3ccc(N)cc3s2)CC1. The first-order valence-corrected chi connectivity index (χ1v) is 6.58. The predicted octanol–water partition coefficient (Wildman–Crippen LogP) is 2.60. The molecule has 0 spiro atoms. The molecule has 2 heterocycles. The third-order valence-corrected chi connectivity index (χ3v) is 4.19. The van der Waals surface area contributed by atoms with E-state index in [1.807, 2.05) is 18.2 Å². The Morgan fingerprint density at radius 1 is 1.41 bits per heavy atom. The van der Waals surface area contributed by atoms with Crippen molar-refractivity contribution in [1.82, 2.24) is 9.88 Å². The molecule has 2 aromatic rings. The minimum absolute atomic E-state index is 0.810. The Kier molecular flexibility index (Phi) is 2.61. The lowest BCUT2D eigenvalue weighted by atomic mass is 10.1. The second kappa shape index (κ2) is 4.13. The average molecular weight is 245 g/mol. The fraction of sp³-hybridized carbons (Fsp3) is 0.308. The lowest BCUT2D eigenvalue weighted by Gasteiger charge is -2.20. The molecule has 4 heteroatoms. The second-order valence-electron chi connectivity index (χ2n) is 4.49. The van der Waals surface area contributed by atoms with E-state index in [0.29, 0.717) is 0 Å². The fourth-order valence-corrected chi connectivity index (χ4v) is 3.13. The summed E-state index contributed by atoms with van der Waals surface area (Å²) in [5.74, 6) is 0. The Morgan fingerprint density at radius 2 is 2.29 bits per heavy atom. The van der Waals surface area contributed by atoms with E-state index < -0.39 is 0 Å². The highest BCUT2D eigenvalue weighted by Crippen LogP contribution is 2.31. The van der Waals surface area contributed by atoms with Gasteiger partial charge < -0.3 is 10.6 Å². The van der Waals surface area contributed by atoms with Crippen molar-refractivity contribution < 1.29 is 0 Å². The second-order valence-corrected chi connectivity index (χ2v) is 5.52. The van der Waals surface area contributed by atoms with Crippen molar-refractivity contribution in [3.63, 3.8) is 0 Å². The normalized spacial score (nSPS) is 17.4. The van der Waals surface area contributed by atoms with Gasteiger partial charge in [0.1, 0.15) is 5.01 Å². The minimum Gasteiger partial charge on any atom is -0.399 e. The van der Waals surface area contributed by atoms with Gasteiger partial charge in [0, 0.05) is 18.8 Å². The van der Waals surface area contributed by atoms with Crippen LogP contribution < -0.4 is 5.73 Å². The van der Waals surface area contributed by atoms with Crippen molar-refractivity contribution in [3.8, 4) is 0 Å². The van der Waals surface area contributed by atoms with E-state index in [4.69, 9.17) is 5.73 Å². The number of anilines is 1. The lowest BCUT2D eigenvalue weighted by molar-refractivity contribution is 0.370. The molecular formula is C13H15N3S. The van der Waals surface area contributed by atoms with Crippen molar-refractivity contribution in [2.75, 3.05) is 25.9 Å². The zero-order valence-corrected chi connectivity index (χ0v) is 10.6. The number of thiazole rings is 1. The van der Waals surface area contributed by atoms with Crippen LogP contribution >= 0.6 is 11.3 Å². The number of nitrogen functional groups attached to an aromatic ring is 1. The van der Waals surface area contributed by atoms with Gasteiger partial charge in [0.2, 0.25) is 0 Å². The number of rotatable bonds is 1. The molecule has 17 heavy (non-hydrogen) atoms. The smallest absolute Gasteiger partial charge is 0.120 e. The van der Waals surface area contributed by atoms with Crippen LogP contribution in [0.2, 0.25) is 0 Å². The van der Waals surface area contributed by atoms with E-state index in [1.54, 1.807) is 11.3 Å². The van der Waals surface area contributed by atoms with Crippen molar-refractivity contribution in [2.24, 2.45) is 0 Å². The third kappa shape index (κ3) is 2.06. The first kappa shape index (κ1) is 10.7. The molecule has 0 amide bonds. The number of hydrogen-bond acceptors (Lipinski definition) is 4. The highest BCUT2D eigenvalue weighted by molar-refractivity contribution is 7.19. The highest BCUT2D eigenvalue weighted by atomic mass is 32.1. The summed E-state index contributed by atoms with van der Waals surface area (Å²) in [6, 6.07) is 5.92. The molecule has 0 radical (unpaired) electrons. The summed E-state index contributed by atoms with van der Waals surface area (Å²) in [7, 11) is 2.15. The van der Waals surface area contributed by atoms with Gasteiger partial charge in [0.05, 0.1) is 10.2 Å². The molecule has 0 saturated carbocycles. The largest absolute Gasteiger partial charge is 0.399 e. The molecule has 2 N–H and O–H groups in total. The standard InChI is InChI=1S/C13H15N3S/c1-16-6-4-9(5-7-16)13-15-11-3-2-10(14)8-12(11)17-13/h2-4,8H,5-7,14H2,1H3. The molecule has 1 aliphatic rings. The molecule has 1 aromatic heterocycles. The van der Waals surface area contributed by atoms with Crippen LogP contribution in [0.1, 0.15) is 11.4 Å². The van der Waals surface area contributed by atoms with Crippen LogP contribution in [0, 0.1) is 0 Å². The van der Waals surface area contributed by atoms with E-state index in [0.717, 1.165) is 35.7 Å². The van der Waals surface area contributed by atoms with Crippen molar-refractivity contribution in [2.45, 2.75) is 6.42 Å². The Morgan fingerprint density at radius 3 is 3.06 bits per heavy atom. The summed E-state index contributed by atoms with van der Waals surface area (Å²) in [4.78, 5) is 6.99. The van der Waals surface area contributed by atoms with Crippen LogP contribution in [-0.4, -0.2) is 30.0 Å². The van der Waals surface area contributed by atoms with E-state index in [2.05, 4.69) is 23.0 Å². The summed E-state index contributed by atoms with van der Waals surface area (Å²) >= 11 is 1.74. The number of aromatic nitrogens is 1. The van der Waals surface area contributed by atoms with Gasteiger partial charge in [-0.05, 0) is 37.2 Å². The summed E-state index contributed by atoms with van der Waals surface area (Å²) in [6.45, 7) is 2.14. The first-order valence-electron chi connectivity index (χ1n) is 5.76. The fourth-order valence-electron chi connectivity index (χ4n) is 2.04. The quantitative estimate of drug-likeness (QED) is 0.785. The third-order valence-electron chi connectivity index (χ3n) is 3.10. The maximum absolute atomic E-state index is 5.79. The van der Waals surface area contributed by atoms with Gasteiger partial charge in [-0.25, -0.2) is 4.98 Å². The molecule has 0 fully saturated rings. The monoisotopic (exact) mass is 245 g/mol. The van der Waals surface area contributed by atoms with E-state index >= 15 is 0 Å². The summed E-state index contributed by atoms with van der Waals surface area (Å²) in [5.41, 5.74) is 9.03. The van der Waals surface area contributed by atoms with Crippen molar-refractivity contribution in [3.05, 3.63) is 29.3 Å². The molecule has 1 aromatic carbocycles. The number of benzene rings is 1. The van der Waals surface area contributed by atoms with Gasteiger partial charge in [-0.15, -0.1) is 11.3 Å². The number of hydrogen-bond donors (Lipinski definition) is 1. The molecule has 0 atom stereocenters. The maximum atomic E-state index is 5.79. The molecule has 1 aliphatic heterocycles. The lowest BCUT2D eigenvalue weighted by Crippen LogP contribution is -2.23. The average Bonchev–Trinajstić information content (AvgIpc) is 2.72. The zero-order chi connectivity index (χ0) is 11.8. The molecule has 0 unspecified atom stereocenters. The molecule has 0 saturated heterocycles. The van der Waals surface area contributed by atoms with E-state index in [9.17, 15) is 0 Å². The molecule has 0 aliphatic carbocycles. The number of nitrogens with zero attached hydrogens (tertiary/aromatic N) is 2. The van der Waals surface area contributed by atoms with E-state index in [-0.39, 0.29) is 0 Å². The van der Waals surface area contributed by atoms with Crippen molar-refractivity contribution >= 4 is 32.8 Å². The van der Waals surface area contributed by atoms with Crippen LogP contribution in [0.15, 0.2) is 24.3 Å². The number of nitrogens with two attached hydrogens (primary N) is 1. The van der Waals surface area contributed by atoms with Gasteiger partial charge in [0.15, 0.2) is 0 Å². The van der Waals surface area contributed by atoms with Gasteiger partial charge in [-0.2, -0.15) is 0 Å². The van der Waals surface area contributed by atoms with Crippen LogP contribution in [-0.2, 0) is 0 Å². The maximum Gasteiger partial charge on any atom is 0.120 e. The Hall–Kier alpha value is -1.39. The Labute approximate surface area is 105 Å². The Bertz CT molecular complexity index is 585. The van der Waals surface area contributed by atoms with Gasteiger partial charge in [0.25, 0.3) is 0 Å². The number of likely N-dealkylation sites (N-methyl/N-ethyl adjacent to an activating group) is 1. The molecule has 3 rings (SSSR count). The molecular weight excluding hydrogens is 230 g/mol. The summed E-state index contributed by atoms with van der Waals surface area (Å²) in [5, 5.41) is 1.15. The predicted molar refractivity (Wildman–Crippen MR) is 74.1 cm³/mol. The van der Waals surface area contributed by atoms with E-state index in [1.165, 1.54) is 10.3 Å². The highest BCUT2D eigenvalue weighted by Gasteiger charge is 2.13. The van der Waals surface area contributed by atoms with Crippen LogP contribution in [0.4, 0.5) is 5.69 Å². The molecule has 3 nitrogen and oxygen atoms in total. The number of fused-ring (bicyclic) bond motifs is 1. The van der Waals surface area contributed by atoms with Crippen LogP contribution in [0.5, 0.6) is 0 Å². The Balaban J connectivity index is 2.01. The summed E-state index contributed by atoms with van der Waals surface area (Å²) < 4.78 is 1.18. The van der Waals surface area contributed by atoms with Crippen LogP contribution in [0.25, 0.3) is 15.8 Å². The first-order chi connectivity index (χ1) is 8.22. The van der Waals surface area contributed by atoms with Gasteiger partial charge in [-0.1, -0.05) is 6.08 Å². The molecule has 0 bridgehead atoms. The van der Waals surface area contributed by atoms with Crippen molar-refractivity contribution in [1.29, 1.82) is 0 Å². The topological polar surface area (TPSA) is 42.2 Å². The summed E-state index contributed by atoms with van der Waals surface area (Å²) in [6.07, 6.45) is 3.37. The van der Waals surface area contributed by atoms with Gasteiger partial charge in [-0.3, -0.25) is 0 Å².